The van der Waals surface area contributed by atoms with E-state index in [1.54, 1.807) is 24.3 Å². The smallest absolute Gasteiger partial charge is 0.330 e. The summed E-state index contributed by atoms with van der Waals surface area (Å²) in [4.78, 5) is 11.8. The monoisotopic (exact) mass is 352 g/mol. The number of carbonyl (C=O) groups excluding carboxylic acids is 1. The predicted molar refractivity (Wildman–Crippen MR) is 88.8 cm³/mol. The van der Waals surface area contributed by atoms with Crippen LogP contribution in [0.25, 0.3) is 0 Å². The largest absolute Gasteiger partial charge is 0.389 e. The highest BCUT2D eigenvalue weighted by atomic mass is 35.5. The van der Waals surface area contributed by atoms with Gasteiger partial charge in [-0.05, 0) is 37.4 Å². The van der Waals surface area contributed by atoms with Gasteiger partial charge in [-0.15, -0.1) is 12.4 Å². The van der Waals surface area contributed by atoms with E-state index in [0.29, 0.717) is 24.2 Å². The number of anilines is 1. The van der Waals surface area contributed by atoms with Gasteiger partial charge in [0.05, 0.1) is 0 Å². The lowest BCUT2D eigenvalue weighted by molar-refractivity contribution is -0.133. The first-order chi connectivity index (χ1) is 10.4. The minimum Gasteiger partial charge on any atom is -0.330 e. The maximum Gasteiger partial charge on any atom is 0.389 e. The third kappa shape index (κ3) is 10.2. The first kappa shape index (κ1) is 21.7. The third-order valence-electron chi connectivity index (χ3n) is 3.33. The van der Waals surface area contributed by atoms with Gasteiger partial charge in [0.2, 0.25) is 5.91 Å². The second-order valence-corrected chi connectivity index (χ2v) is 5.27. The molecule has 0 radical (unpaired) electrons. The molecule has 7 heteroatoms. The standard InChI is InChI=1S/C16H23F3N2O.ClH/c17-16(18,19)11-10-13-7-4-5-8-14(13)21-15(22)9-3-1-2-6-12-20;/h4-5,7-8H,1-3,6,9-12,20H2,(H,21,22);1H. The fourth-order valence-electron chi connectivity index (χ4n) is 2.13. The molecule has 0 spiro atoms. The zero-order valence-corrected chi connectivity index (χ0v) is 13.8. The van der Waals surface area contributed by atoms with E-state index in [2.05, 4.69) is 5.32 Å². The van der Waals surface area contributed by atoms with Crippen molar-refractivity contribution in [3.05, 3.63) is 29.8 Å². The van der Waals surface area contributed by atoms with Crippen molar-refractivity contribution in [2.24, 2.45) is 5.73 Å². The van der Waals surface area contributed by atoms with Crippen molar-refractivity contribution in [3.8, 4) is 0 Å². The van der Waals surface area contributed by atoms with Crippen molar-refractivity contribution >= 4 is 24.0 Å². The number of hydrogen-bond acceptors (Lipinski definition) is 2. The Kier molecular flexibility index (Phi) is 10.7. The summed E-state index contributed by atoms with van der Waals surface area (Å²) < 4.78 is 36.9. The van der Waals surface area contributed by atoms with Crippen molar-refractivity contribution in [1.82, 2.24) is 0 Å². The molecule has 132 valence electrons. The third-order valence-corrected chi connectivity index (χ3v) is 3.33. The van der Waals surface area contributed by atoms with Gasteiger partial charge in [-0.1, -0.05) is 31.0 Å². The van der Waals surface area contributed by atoms with Crippen LogP contribution in [-0.2, 0) is 11.2 Å². The molecule has 0 aliphatic heterocycles. The minimum atomic E-state index is -4.19. The topological polar surface area (TPSA) is 55.1 Å². The highest BCUT2D eigenvalue weighted by Crippen LogP contribution is 2.25. The summed E-state index contributed by atoms with van der Waals surface area (Å²) in [5.74, 6) is -0.160. The Morgan fingerprint density at radius 3 is 2.39 bits per heavy atom. The molecule has 3 nitrogen and oxygen atoms in total. The minimum absolute atomic E-state index is 0. The maximum absolute atomic E-state index is 12.3. The van der Waals surface area contributed by atoms with Crippen LogP contribution in [0.5, 0.6) is 0 Å². The van der Waals surface area contributed by atoms with Crippen LogP contribution in [0.1, 0.15) is 44.1 Å². The molecule has 1 aromatic rings. The Morgan fingerprint density at radius 1 is 1.09 bits per heavy atom. The molecular weight excluding hydrogens is 329 g/mol. The van der Waals surface area contributed by atoms with Crippen LogP contribution in [0.3, 0.4) is 0 Å². The molecule has 0 fully saturated rings. The first-order valence-corrected chi connectivity index (χ1v) is 7.57. The zero-order valence-electron chi connectivity index (χ0n) is 13.0. The molecular formula is C16H24ClF3N2O. The number of nitrogens with one attached hydrogen (secondary N) is 1. The van der Waals surface area contributed by atoms with Gasteiger partial charge in [0.25, 0.3) is 0 Å². The summed E-state index contributed by atoms with van der Waals surface area (Å²) in [6, 6.07) is 6.63. The Balaban J connectivity index is 0.00000484. The fourth-order valence-corrected chi connectivity index (χ4v) is 2.13. The number of unbranched alkanes of at least 4 members (excludes halogenated alkanes) is 3. The lowest BCUT2D eigenvalue weighted by atomic mass is 10.1. The highest BCUT2D eigenvalue weighted by molar-refractivity contribution is 5.91. The molecule has 1 aromatic carbocycles. The number of amides is 1. The summed E-state index contributed by atoms with van der Waals surface area (Å²) in [5, 5.41) is 2.71. The van der Waals surface area contributed by atoms with Gasteiger partial charge >= 0.3 is 6.18 Å². The lowest BCUT2D eigenvalue weighted by Gasteiger charge is -2.12. The quantitative estimate of drug-likeness (QED) is 0.645. The molecule has 3 N–H and O–H groups in total. The summed E-state index contributed by atoms with van der Waals surface area (Å²) in [5.41, 5.74) is 6.37. The van der Waals surface area contributed by atoms with Crippen LogP contribution >= 0.6 is 12.4 Å². The van der Waals surface area contributed by atoms with Crippen LogP contribution in [0.4, 0.5) is 18.9 Å². The van der Waals surface area contributed by atoms with Crippen LogP contribution in [0, 0.1) is 0 Å². The lowest BCUT2D eigenvalue weighted by Crippen LogP contribution is -2.14. The molecule has 0 aliphatic carbocycles. The summed E-state index contributed by atoms with van der Waals surface area (Å²) in [6.07, 6.45) is -1.21. The second-order valence-electron chi connectivity index (χ2n) is 5.27. The Hall–Kier alpha value is -1.27. The molecule has 0 saturated heterocycles. The van der Waals surface area contributed by atoms with E-state index < -0.39 is 12.6 Å². The number of halogens is 4. The Labute approximate surface area is 141 Å². The van der Waals surface area contributed by atoms with Crippen LogP contribution in [0.2, 0.25) is 0 Å². The highest BCUT2D eigenvalue weighted by Gasteiger charge is 2.26. The maximum atomic E-state index is 12.3. The number of hydrogen-bond donors (Lipinski definition) is 2. The van der Waals surface area contributed by atoms with Gasteiger partial charge in [-0.25, -0.2) is 0 Å². The Bertz CT molecular complexity index is 467. The van der Waals surface area contributed by atoms with Crippen molar-refractivity contribution in [2.75, 3.05) is 11.9 Å². The van der Waals surface area contributed by atoms with E-state index >= 15 is 0 Å². The summed E-state index contributed by atoms with van der Waals surface area (Å²) in [6.45, 7) is 0.652. The number of rotatable bonds is 9. The van der Waals surface area contributed by atoms with Gasteiger partial charge in [0.15, 0.2) is 0 Å². The van der Waals surface area contributed by atoms with Gasteiger partial charge < -0.3 is 11.1 Å². The van der Waals surface area contributed by atoms with E-state index in [4.69, 9.17) is 5.73 Å². The van der Waals surface area contributed by atoms with Crippen LogP contribution < -0.4 is 11.1 Å². The second kappa shape index (κ2) is 11.3. The van der Waals surface area contributed by atoms with Crippen molar-refractivity contribution in [2.45, 2.75) is 51.1 Å². The van der Waals surface area contributed by atoms with E-state index in [0.717, 1.165) is 25.7 Å². The number of benzene rings is 1. The number of aryl methyl sites for hydroxylation is 1. The summed E-state index contributed by atoms with van der Waals surface area (Å²) >= 11 is 0. The van der Waals surface area contributed by atoms with Crippen LogP contribution in [0.15, 0.2) is 24.3 Å². The van der Waals surface area contributed by atoms with Gasteiger partial charge in [-0.2, -0.15) is 13.2 Å². The Morgan fingerprint density at radius 2 is 1.74 bits per heavy atom. The molecule has 23 heavy (non-hydrogen) atoms. The van der Waals surface area contributed by atoms with Gasteiger partial charge in [0.1, 0.15) is 0 Å². The zero-order chi connectivity index (χ0) is 16.4. The average Bonchev–Trinajstić information content (AvgIpc) is 2.45. The number of alkyl halides is 3. The molecule has 0 aliphatic rings. The molecule has 1 rings (SSSR count). The fraction of sp³-hybridized carbons (Fsp3) is 0.562. The van der Waals surface area contributed by atoms with Crippen LogP contribution in [-0.4, -0.2) is 18.6 Å². The van der Waals surface area contributed by atoms with E-state index in [1.165, 1.54) is 0 Å². The number of carbonyl (C=O) groups is 1. The molecule has 0 aromatic heterocycles. The molecule has 0 bridgehead atoms. The molecule has 0 heterocycles. The van der Waals surface area contributed by atoms with E-state index in [-0.39, 0.29) is 24.7 Å². The summed E-state index contributed by atoms with van der Waals surface area (Å²) in [7, 11) is 0. The van der Waals surface area contributed by atoms with Gasteiger partial charge in [0, 0.05) is 18.5 Å². The van der Waals surface area contributed by atoms with Crippen molar-refractivity contribution in [1.29, 1.82) is 0 Å². The van der Waals surface area contributed by atoms with E-state index in [1.807, 2.05) is 0 Å². The van der Waals surface area contributed by atoms with Crippen molar-refractivity contribution in [3.63, 3.8) is 0 Å². The van der Waals surface area contributed by atoms with Gasteiger partial charge in [-0.3, -0.25) is 4.79 Å². The molecule has 0 saturated carbocycles. The normalized spacial score (nSPS) is 11.0. The SMILES string of the molecule is Cl.NCCCCCCC(=O)Nc1ccccc1CCC(F)(F)F. The molecule has 1 amide bonds. The number of nitrogens with two attached hydrogens (primary N) is 1. The van der Waals surface area contributed by atoms with E-state index in [9.17, 15) is 18.0 Å². The number of para-hydroxylation sites is 1. The van der Waals surface area contributed by atoms with Crippen molar-refractivity contribution < 1.29 is 18.0 Å². The average molecular weight is 353 g/mol. The molecule has 0 atom stereocenters. The first-order valence-electron chi connectivity index (χ1n) is 7.57. The predicted octanol–water partition coefficient (Wildman–Crippen LogP) is 4.45. The molecule has 0 unspecified atom stereocenters.